The van der Waals surface area contributed by atoms with Crippen LogP contribution in [0.5, 0.6) is 0 Å². The van der Waals surface area contributed by atoms with E-state index in [-0.39, 0.29) is 0 Å². The lowest BCUT2D eigenvalue weighted by Gasteiger charge is -2.45. The zero-order valence-corrected chi connectivity index (χ0v) is 8.46. The van der Waals surface area contributed by atoms with Crippen molar-refractivity contribution in [3.8, 4) is 0 Å². The number of hydrogen-bond donors (Lipinski definition) is 4. The van der Waals surface area contributed by atoms with Gasteiger partial charge in [0.15, 0.2) is 6.23 Å². The Morgan fingerprint density at radius 2 is 2.06 bits per heavy atom. The summed E-state index contributed by atoms with van der Waals surface area (Å²) >= 11 is 0. The molecule has 1 saturated heterocycles. The van der Waals surface area contributed by atoms with Gasteiger partial charge in [0.2, 0.25) is 5.79 Å². The molecule has 0 aliphatic carbocycles. The van der Waals surface area contributed by atoms with E-state index >= 15 is 0 Å². The SMILES string of the molecule is CO[C@]1(CO)O[C@@H](N=[N+]=[N-])[C@H](O)[C@@H](O)[C@H]1O. The summed E-state index contributed by atoms with van der Waals surface area (Å²) in [6, 6.07) is 0. The lowest BCUT2D eigenvalue weighted by molar-refractivity contribution is -0.361. The molecule has 0 aromatic rings. The number of nitrogens with zero attached hydrogens (tertiary/aromatic N) is 3. The van der Waals surface area contributed by atoms with E-state index in [1.807, 2.05) is 0 Å². The van der Waals surface area contributed by atoms with Gasteiger partial charge in [-0.3, -0.25) is 0 Å². The van der Waals surface area contributed by atoms with E-state index in [0.717, 1.165) is 7.11 Å². The number of ether oxygens (including phenoxy) is 2. The molecule has 92 valence electrons. The molecule has 16 heavy (non-hydrogen) atoms. The Kier molecular flexibility index (Phi) is 4.05. The minimum absolute atomic E-state index is 0.772. The normalized spacial score (nSPS) is 43.8. The van der Waals surface area contributed by atoms with Crippen molar-refractivity contribution in [2.24, 2.45) is 5.11 Å². The highest BCUT2D eigenvalue weighted by atomic mass is 16.7. The Morgan fingerprint density at radius 3 is 2.50 bits per heavy atom. The van der Waals surface area contributed by atoms with Gasteiger partial charge in [-0.25, -0.2) is 0 Å². The van der Waals surface area contributed by atoms with Gasteiger partial charge in [-0.15, -0.1) is 0 Å². The van der Waals surface area contributed by atoms with Crippen LogP contribution in [0.2, 0.25) is 0 Å². The summed E-state index contributed by atoms with van der Waals surface area (Å²) in [7, 11) is 1.14. The Balaban J connectivity index is 3.01. The summed E-state index contributed by atoms with van der Waals surface area (Å²) < 4.78 is 9.71. The smallest absolute Gasteiger partial charge is 0.221 e. The molecular weight excluding hydrogens is 222 g/mol. The van der Waals surface area contributed by atoms with Gasteiger partial charge in [-0.05, 0) is 5.53 Å². The predicted molar refractivity (Wildman–Crippen MR) is 48.9 cm³/mol. The summed E-state index contributed by atoms with van der Waals surface area (Å²) in [6.45, 7) is -0.772. The molecule has 1 heterocycles. The molecule has 0 aromatic heterocycles. The highest BCUT2D eigenvalue weighted by molar-refractivity contribution is 4.96. The molecule has 0 radical (unpaired) electrons. The zero-order valence-electron chi connectivity index (χ0n) is 8.46. The Morgan fingerprint density at radius 1 is 1.44 bits per heavy atom. The van der Waals surface area contributed by atoms with Crippen LogP contribution in [0.15, 0.2) is 5.11 Å². The number of rotatable bonds is 3. The van der Waals surface area contributed by atoms with Crippen molar-refractivity contribution < 1.29 is 29.9 Å². The van der Waals surface area contributed by atoms with Crippen LogP contribution in [0.1, 0.15) is 0 Å². The predicted octanol–water partition coefficient (Wildman–Crippen LogP) is -1.93. The average Bonchev–Trinajstić information content (AvgIpc) is 2.31. The Bertz CT molecular complexity index is 290. The molecule has 0 unspecified atom stereocenters. The van der Waals surface area contributed by atoms with E-state index in [1.165, 1.54) is 0 Å². The Labute approximate surface area is 90.5 Å². The fourth-order valence-corrected chi connectivity index (χ4v) is 1.47. The molecule has 0 saturated carbocycles. The monoisotopic (exact) mass is 235 g/mol. The minimum atomic E-state index is -1.92. The minimum Gasteiger partial charge on any atom is -0.391 e. The number of aliphatic hydroxyl groups excluding tert-OH is 4. The number of aliphatic hydroxyl groups is 4. The van der Waals surface area contributed by atoms with Gasteiger partial charge >= 0.3 is 0 Å². The second-order valence-corrected chi connectivity index (χ2v) is 3.31. The molecule has 0 aromatic carbocycles. The molecule has 0 bridgehead atoms. The zero-order chi connectivity index (χ0) is 12.3. The van der Waals surface area contributed by atoms with Crippen LogP contribution in [0, 0.1) is 0 Å². The number of azide groups is 1. The molecule has 9 nitrogen and oxygen atoms in total. The van der Waals surface area contributed by atoms with Crippen molar-refractivity contribution in [1.29, 1.82) is 0 Å². The first-order chi connectivity index (χ1) is 7.52. The summed E-state index contributed by atoms with van der Waals surface area (Å²) in [6.07, 6.45) is -6.37. The van der Waals surface area contributed by atoms with Crippen LogP contribution in [-0.4, -0.2) is 64.5 Å². The van der Waals surface area contributed by atoms with Gasteiger partial charge in [0.25, 0.3) is 0 Å². The van der Waals surface area contributed by atoms with Gasteiger partial charge in [0.1, 0.15) is 24.9 Å². The van der Waals surface area contributed by atoms with E-state index in [2.05, 4.69) is 10.0 Å². The fourth-order valence-electron chi connectivity index (χ4n) is 1.47. The molecule has 4 N–H and O–H groups in total. The summed E-state index contributed by atoms with van der Waals surface area (Å²) in [4.78, 5) is 2.41. The second-order valence-electron chi connectivity index (χ2n) is 3.31. The van der Waals surface area contributed by atoms with E-state index in [0.29, 0.717) is 0 Å². The molecule has 0 amide bonds. The number of hydrogen-bond acceptors (Lipinski definition) is 7. The van der Waals surface area contributed by atoms with Crippen molar-refractivity contribution in [2.45, 2.75) is 30.3 Å². The van der Waals surface area contributed by atoms with Gasteiger partial charge in [-0.1, -0.05) is 5.11 Å². The van der Waals surface area contributed by atoms with Gasteiger partial charge in [0.05, 0.1) is 0 Å². The van der Waals surface area contributed by atoms with Crippen molar-refractivity contribution in [3.05, 3.63) is 10.4 Å². The second kappa shape index (κ2) is 4.93. The van der Waals surface area contributed by atoms with E-state index in [1.54, 1.807) is 0 Å². The third-order valence-electron chi connectivity index (χ3n) is 2.47. The van der Waals surface area contributed by atoms with Crippen molar-refractivity contribution in [2.75, 3.05) is 13.7 Å². The van der Waals surface area contributed by atoms with Crippen LogP contribution in [0.3, 0.4) is 0 Å². The number of methoxy groups -OCH3 is 1. The molecule has 1 aliphatic rings. The van der Waals surface area contributed by atoms with Gasteiger partial charge < -0.3 is 29.9 Å². The molecule has 0 spiro atoms. The lowest BCUT2D eigenvalue weighted by Crippen LogP contribution is -2.66. The first-order valence-electron chi connectivity index (χ1n) is 4.44. The van der Waals surface area contributed by atoms with Crippen molar-refractivity contribution >= 4 is 0 Å². The third kappa shape index (κ3) is 1.97. The topological polar surface area (TPSA) is 148 Å². The maximum atomic E-state index is 9.59. The first kappa shape index (κ1) is 13.1. The van der Waals surface area contributed by atoms with Crippen LogP contribution >= 0.6 is 0 Å². The maximum Gasteiger partial charge on any atom is 0.221 e. The van der Waals surface area contributed by atoms with Crippen LogP contribution in [0.4, 0.5) is 0 Å². The standard InChI is InChI=1S/C7H13N3O6/c1-15-7(2-11)5(14)3(12)4(13)6(16-7)9-10-8/h3-6,11-14H,2H2,1H3/t3-,4-,5-,6-,7-/m1/s1. The van der Waals surface area contributed by atoms with Crippen LogP contribution in [0.25, 0.3) is 10.4 Å². The van der Waals surface area contributed by atoms with Crippen molar-refractivity contribution in [1.82, 2.24) is 0 Å². The maximum absolute atomic E-state index is 9.59. The van der Waals surface area contributed by atoms with Crippen LogP contribution < -0.4 is 0 Å². The molecular formula is C7H13N3O6. The summed E-state index contributed by atoms with van der Waals surface area (Å²) in [5.41, 5.74) is 8.22. The molecule has 1 rings (SSSR count). The summed E-state index contributed by atoms with van der Waals surface area (Å²) in [5, 5.41) is 40.7. The van der Waals surface area contributed by atoms with E-state index in [4.69, 9.17) is 20.1 Å². The van der Waals surface area contributed by atoms with E-state index in [9.17, 15) is 15.3 Å². The molecule has 1 aliphatic heterocycles. The Hall–Kier alpha value is -0.930. The van der Waals surface area contributed by atoms with Gasteiger partial charge in [0, 0.05) is 12.0 Å². The average molecular weight is 235 g/mol. The molecule has 5 atom stereocenters. The highest BCUT2D eigenvalue weighted by Crippen LogP contribution is 2.31. The molecule has 1 fully saturated rings. The summed E-state index contributed by atoms with van der Waals surface area (Å²) in [5.74, 6) is -1.92. The highest BCUT2D eigenvalue weighted by Gasteiger charge is 2.53. The third-order valence-corrected chi connectivity index (χ3v) is 2.47. The van der Waals surface area contributed by atoms with Crippen molar-refractivity contribution in [3.63, 3.8) is 0 Å². The largest absolute Gasteiger partial charge is 0.391 e. The lowest BCUT2D eigenvalue weighted by atomic mass is 9.95. The fraction of sp³-hybridized carbons (Fsp3) is 1.00. The first-order valence-corrected chi connectivity index (χ1v) is 4.44. The quantitative estimate of drug-likeness (QED) is 0.254. The van der Waals surface area contributed by atoms with Crippen LogP contribution in [-0.2, 0) is 9.47 Å². The molecule has 9 heteroatoms. The van der Waals surface area contributed by atoms with E-state index < -0.39 is 36.9 Å². The van der Waals surface area contributed by atoms with Gasteiger partial charge in [-0.2, -0.15) is 0 Å².